The minimum atomic E-state index is -4.07. The van der Waals surface area contributed by atoms with Crippen molar-refractivity contribution < 1.29 is 22.7 Å². The van der Waals surface area contributed by atoms with Gasteiger partial charge in [0.2, 0.25) is 0 Å². The first-order valence-electron chi connectivity index (χ1n) is 10.8. The quantitative estimate of drug-likeness (QED) is 0.416. The van der Waals surface area contributed by atoms with Crippen LogP contribution in [0.15, 0.2) is 75.2 Å². The summed E-state index contributed by atoms with van der Waals surface area (Å²) in [7, 11) is -4.07. The molecule has 34 heavy (non-hydrogen) atoms. The third-order valence-corrected chi connectivity index (χ3v) is 9.00. The van der Waals surface area contributed by atoms with Crippen LogP contribution in [-0.4, -0.2) is 36.2 Å². The van der Waals surface area contributed by atoms with Crippen molar-refractivity contribution in [1.82, 2.24) is 4.90 Å². The molecule has 2 aromatic carbocycles. The van der Waals surface area contributed by atoms with Crippen molar-refractivity contribution >= 4 is 50.0 Å². The summed E-state index contributed by atoms with van der Waals surface area (Å²) in [5.41, 5.74) is 0.919. The van der Waals surface area contributed by atoms with E-state index in [-0.39, 0.29) is 58.2 Å². The first-order chi connectivity index (χ1) is 16.2. The van der Waals surface area contributed by atoms with Gasteiger partial charge in [0, 0.05) is 22.1 Å². The Labute approximate surface area is 209 Å². The maximum Gasteiger partial charge on any atom is 0.286 e. The molecule has 10 heteroatoms. The molecule has 1 amide bonds. The summed E-state index contributed by atoms with van der Waals surface area (Å²) in [6.45, 7) is 0.211. The van der Waals surface area contributed by atoms with Crippen molar-refractivity contribution in [2.24, 2.45) is 22.2 Å². The predicted molar refractivity (Wildman–Crippen MR) is 132 cm³/mol. The van der Waals surface area contributed by atoms with Crippen LogP contribution in [0.1, 0.15) is 12.0 Å². The first-order valence-corrected chi connectivity index (χ1v) is 13.3. The Kier molecular flexibility index (Phi) is 4.89. The second kappa shape index (κ2) is 7.64. The van der Waals surface area contributed by atoms with E-state index in [1.165, 1.54) is 18.2 Å². The van der Waals surface area contributed by atoms with Crippen LogP contribution in [0, 0.1) is 27.1 Å². The van der Waals surface area contributed by atoms with E-state index in [4.69, 9.17) is 0 Å². The number of fused-ring (bicyclic) bond motifs is 6. The normalized spacial score (nSPS) is 28.5. The van der Waals surface area contributed by atoms with E-state index in [1.807, 2.05) is 22.6 Å². The smallest absolute Gasteiger partial charge is 0.286 e. The van der Waals surface area contributed by atoms with Gasteiger partial charge in [-0.3, -0.25) is 4.79 Å². The van der Waals surface area contributed by atoms with Gasteiger partial charge in [0.25, 0.3) is 15.9 Å². The Balaban J connectivity index is 1.46. The maximum atomic E-state index is 13.8. The molecule has 6 rings (SSSR count). The number of hydrogen-bond acceptors (Lipinski definition) is 5. The second-order valence-corrected chi connectivity index (χ2v) is 11.8. The molecule has 4 unspecified atom stereocenters. The molecule has 1 saturated carbocycles. The molecule has 174 valence electrons. The Morgan fingerprint density at radius 3 is 2.65 bits per heavy atom. The van der Waals surface area contributed by atoms with Crippen LogP contribution in [0.25, 0.3) is 0 Å². The van der Waals surface area contributed by atoms with Crippen LogP contribution in [0.5, 0.6) is 0 Å². The van der Waals surface area contributed by atoms with Crippen molar-refractivity contribution in [3.8, 4) is 0 Å². The highest BCUT2D eigenvalue weighted by atomic mass is 127. The van der Waals surface area contributed by atoms with Crippen LogP contribution >= 0.6 is 22.6 Å². The highest BCUT2D eigenvalue weighted by molar-refractivity contribution is 14.1. The fourth-order valence-electron chi connectivity index (χ4n) is 5.57. The average Bonchev–Trinajstić information content (AvgIpc) is 3.40. The molecule has 0 radical (unpaired) electrons. The van der Waals surface area contributed by atoms with E-state index < -0.39 is 15.9 Å². The molecule has 2 aliphatic carbocycles. The third-order valence-electron chi connectivity index (χ3n) is 7.01. The molecule has 4 atom stereocenters. The second-order valence-electron chi connectivity index (χ2n) is 8.96. The van der Waals surface area contributed by atoms with Crippen molar-refractivity contribution in [1.29, 1.82) is 0 Å². The van der Waals surface area contributed by atoms with Gasteiger partial charge in [0.1, 0.15) is 22.0 Å². The zero-order valence-corrected chi connectivity index (χ0v) is 20.6. The van der Waals surface area contributed by atoms with E-state index in [9.17, 15) is 22.7 Å². The van der Waals surface area contributed by atoms with Gasteiger partial charge in [-0.15, -0.1) is 4.40 Å². The Hall–Kier alpha value is -2.73. The number of aliphatic hydroxyl groups is 1. The van der Waals surface area contributed by atoms with Crippen LogP contribution in [-0.2, 0) is 21.4 Å². The van der Waals surface area contributed by atoms with Gasteiger partial charge in [-0.2, -0.15) is 8.42 Å². The van der Waals surface area contributed by atoms with E-state index in [0.29, 0.717) is 5.69 Å². The SMILES string of the molecule is O=C1C(C2=NS(=O)(=O)c3cc(I)ccc3N2)=C(O)C2C3C=CC(C3)C2N1Cc1ccc(F)cc1. The maximum absolute atomic E-state index is 13.8. The van der Waals surface area contributed by atoms with Gasteiger partial charge in [-0.25, -0.2) is 4.39 Å². The molecule has 0 saturated heterocycles. The average molecular weight is 591 g/mol. The number of benzene rings is 2. The fourth-order valence-corrected chi connectivity index (χ4v) is 7.42. The first kappa shape index (κ1) is 21.8. The lowest BCUT2D eigenvalue weighted by molar-refractivity contribution is -0.133. The zero-order valence-electron chi connectivity index (χ0n) is 17.7. The molecule has 2 heterocycles. The molecule has 2 aliphatic heterocycles. The summed E-state index contributed by atoms with van der Waals surface area (Å²) in [5.74, 6) is -1.39. The van der Waals surface area contributed by atoms with Crippen molar-refractivity contribution in [2.45, 2.75) is 23.9 Å². The van der Waals surface area contributed by atoms with Crippen molar-refractivity contribution in [3.05, 3.63) is 80.9 Å². The Morgan fingerprint density at radius 2 is 1.88 bits per heavy atom. The lowest BCUT2D eigenvalue weighted by atomic mass is 9.80. The monoisotopic (exact) mass is 591 g/mol. The number of anilines is 1. The number of halogens is 2. The summed E-state index contributed by atoms with van der Waals surface area (Å²) in [5, 5.41) is 14.3. The zero-order chi connectivity index (χ0) is 23.8. The summed E-state index contributed by atoms with van der Waals surface area (Å²) in [4.78, 5) is 15.5. The minimum absolute atomic E-state index is 0.0235. The highest BCUT2D eigenvalue weighted by Gasteiger charge is 2.55. The fraction of sp³-hybridized carbons (Fsp3) is 0.250. The summed E-state index contributed by atoms with van der Waals surface area (Å²) < 4.78 is 44.0. The molecule has 2 aromatic rings. The molecule has 0 aromatic heterocycles. The summed E-state index contributed by atoms with van der Waals surface area (Å²) in [6, 6.07) is 10.5. The number of amides is 1. The predicted octanol–water partition coefficient (Wildman–Crippen LogP) is 3.99. The van der Waals surface area contributed by atoms with Crippen LogP contribution < -0.4 is 5.32 Å². The number of rotatable bonds is 3. The number of sulfonamides is 1. The highest BCUT2D eigenvalue weighted by Crippen LogP contribution is 2.52. The van der Waals surface area contributed by atoms with Crippen LogP contribution in [0.2, 0.25) is 0 Å². The number of amidine groups is 1. The molecule has 0 spiro atoms. The third kappa shape index (κ3) is 3.29. The van der Waals surface area contributed by atoms with E-state index in [0.717, 1.165) is 15.6 Å². The molecule has 7 nitrogen and oxygen atoms in total. The molecule has 2 N–H and O–H groups in total. The van der Waals surface area contributed by atoms with Crippen molar-refractivity contribution in [3.63, 3.8) is 0 Å². The number of hydrogen-bond donors (Lipinski definition) is 2. The van der Waals surface area contributed by atoms with E-state index in [1.54, 1.807) is 29.2 Å². The lowest BCUT2D eigenvalue weighted by Gasteiger charge is -2.42. The van der Waals surface area contributed by atoms with Gasteiger partial charge in [0.05, 0.1) is 5.69 Å². The molecular weight excluding hydrogens is 572 g/mol. The van der Waals surface area contributed by atoms with Gasteiger partial charge >= 0.3 is 0 Å². The minimum Gasteiger partial charge on any atom is -0.511 e. The number of carbonyl (C=O) groups is 1. The molecule has 1 fully saturated rings. The summed E-state index contributed by atoms with van der Waals surface area (Å²) >= 11 is 2.02. The van der Waals surface area contributed by atoms with Gasteiger partial charge in [0.15, 0.2) is 5.84 Å². The Morgan fingerprint density at radius 1 is 1.15 bits per heavy atom. The van der Waals surface area contributed by atoms with Crippen molar-refractivity contribution in [2.75, 3.05) is 5.32 Å². The van der Waals surface area contributed by atoms with Gasteiger partial charge in [-0.05, 0) is 76.7 Å². The molecule has 4 aliphatic rings. The van der Waals surface area contributed by atoms with Crippen LogP contribution in [0.3, 0.4) is 0 Å². The molecular formula is C24H19FIN3O4S. The van der Waals surface area contributed by atoms with E-state index >= 15 is 0 Å². The van der Waals surface area contributed by atoms with Gasteiger partial charge < -0.3 is 15.3 Å². The number of nitrogens with one attached hydrogen (secondary N) is 1. The van der Waals surface area contributed by atoms with Gasteiger partial charge in [-0.1, -0.05) is 24.3 Å². The number of aliphatic hydroxyl groups excluding tert-OH is 1. The number of carbonyl (C=O) groups excluding carboxylic acids is 1. The van der Waals surface area contributed by atoms with E-state index in [2.05, 4.69) is 21.9 Å². The number of nitrogens with zero attached hydrogens (tertiary/aromatic N) is 2. The largest absolute Gasteiger partial charge is 0.511 e. The number of allylic oxidation sites excluding steroid dienone is 1. The Bertz CT molecular complexity index is 1430. The standard InChI is InChI=1S/C24H19FIN3O4S/c25-15-5-1-12(2-6-15)11-29-21-14-4-3-13(9-14)19(21)22(30)20(24(29)31)23-27-17-8-7-16(26)10-18(17)34(32,33)28-23/h1-8,10,13-14,19,21,30H,9,11H2,(H,27,28). The topological polar surface area (TPSA) is 99.1 Å². The molecule has 2 bridgehead atoms. The van der Waals surface area contributed by atoms with Crippen LogP contribution in [0.4, 0.5) is 10.1 Å². The summed E-state index contributed by atoms with van der Waals surface area (Å²) in [6.07, 6.45) is 4.93. The lowest BCUT2D eigenvalue weighted by Crippen LogP contribution is -2.53.